The van der Waals surface area contributed by atoms with Crippen molar-refractivity contribution in [2.45, 2.75) is 13.0 Å². The van der Waals surface area contributed by atoms with Crippen molar-refractivity contribution in [2.75, 3.05) is 7.05 Å². The van der Waals surface area contributed by atoms with Crippen molar-refractivity contribution >= 4 is 26.0 Å². The summed E-state index contributed by atoms with van der Waals surface area (Å²) in [6.07, 6.45) is 0. The van der Waals surface area contributed by atoms with E-state index in [1.807, 2.05) is 31.2 Å². The van der Waals surface area contributed by atoms with Gasteiger partial charge >= 0.3 is 0 Å². The Labute approximate surface area is 105 Å². The summed E-state index contributed by atoms with van der Waals surface area (Å²) < 4.78 is 25.4. The quantitative estimate of drug-likeness (QED) is 0.857. The molecule has 0 spiro atoms. The second-order valence-corrected chi connectivity index (χ2v) is 6.31. The topological polar surface area (TPSA) is 37.4 Å². The molecule has 16 heavy (non-hydrogen) atoms. The maximum atomic E-state index is 11.6. The van der Waals surface area contributed by atoms with Gasteiger partial charge in [-0.15, -0.1) is 0 Å². The molecule has 0 saturated carbocycles. The molecule has 88 valence electrons. The average Bonchev–Trinajstić information content (AvgIpc) is 2.28. The van der Waals surface area contributed by atoms with Gasteiger partial charge in [0.15, 0.2) is 0 Å². The van der Waals surface area contributed by atoms with Gasteiger partial charge in [-0.2, -0.15) is 4.31 Å². The smallest absolute Gasteiger partial charge is 0.208 e. The first-order chi connectivity index (χ1) is 7.38. The maximum Gasteiger partial charge on any atom is 0.235 e. The second kappa shape index (κ2) is 5.12. The van der Waals surface area contributed by atoms with E-state index < -0.39 is 10.0 Å². The van der Waals surface area contributed by atoms with E-state index in [2.05, 4.69) is 22.5 Å². The number of nitrogens with zero attached hydrogens (tertiary/aromatic N) is 1. The number of hydrogen-bond donors (Lipinski definition) is 0. The van der Waals surface area contributed by atoms with Gasteiger partial charge in [0.25, 0.3) is 0 Å². The average molecular weight is 304 g/mol. The zero-order chi connectivity index (χ0) is 12.3. The Hall–Kier alpha value is -0.650. The molecule has 0 N–H and O–H groups in total. The van der Waals surface area contributed by atoms with Crippen molar-refractivity contribution in [3.63, 3.8) is 0 Å². The summed E-state index contributed by atoms with van der Waals surface area (Å²) in [6, 6.07) is 7.35. The Balaban J connectivity index is 2.99. The van der Waals surface area contributed by atoms with Crippen LogP contribution in [-0.2, 0) is 10.0 Å². The first-order valence-electron chi connectivity index (χ1n) is 4.74. The summed E-state index contributed by atoms with van der Waals surface area (Å²) in [7, 11) is -1.82. The predicted molar refractivity (Wildman–Crippen MR) is 69.4 cm³/mol. The fraction of sp³-hybridized carbons (Fsp3) is 0.273. The van der Waals surface area contributed by atoms with E-state index in [4.69, 9.17) is 0 Å². The predicted octanol–water partition coefficient (Wildman–Crippen LogP) is 2.92. The lowest BCUT2D eigenvalue weighted by Crippen LogP contribution is -2.27. The second-order valence-electron chi connectivity index (χ2n) is 3.46. The van der Waals surface area contributed by atoms with E-state index in [1.54, 1.807) is 7.05 Å². The minimum atomic E-state index is -3.37. The first kappa shape index (κ1) is 13.4. The van der Waals surface area contributed by atoms with Crippen LogP contribution >= 0.6 is 15.9 Å². The van der Waals surface area contributed by atoms with Crippen LogP contribution in [-0.4, -0.2) is 19.8 Å². The molecule has 0 unspecified atom stereocenters. The van der Waals surface area contributed by atoms with Crippen LogP contribution in [0.25, 0.3) is 0 Å². The molecule has 0 bridgehead atoms. The van der Waals surface area contributed by atoms with Crippen LogP contribution in [0.1, 0.15) is 18.5 Å². The van der Waals surface area contributed by atoms with Crippen molar-refractivity contribution in [1.29, 1.82) is 0 Å². The van der Waals surface area contributed by atoms with Gasteiger partial charge in [-0.3, -0.25) is 0 Å². The summed E-state index contributed by atoms with van der Waals surface area (Å²) >= 11 is 3.34. The zero-order valence-corrected chi connectivity index (χ0v) is 11.6. The van der Waals surface area contributed by atoms with Crippen LogP contribution in [0.4, 0.5) is 0 Å². The van der Waals surface area contributed by atoms with E-state index >= 15 is 0 Å². The van der Waals surface area contributed by atoms with Crippen LogP contribution in [0.3, 0.4) is 0 Å². The third kappa shape index (κ3) is 2.93. The molecule has 0 aromatic heterocycles. The van der Waals surface area contributed by atoms with Gasteiger partial charge in [0, 0.05) is 23.0 Å². The van der Waals surface area contributed by atoms with E-state index in [0.717, 1.165) is 15.4 Å². The molecule has 0 saturated heterocycles. The number of sulfonamides is 1. The molecule has 0 fully saturated rings. The monoisotopic (exact) mass is 303 g/mol. The van der Waals surface area contributed by atoms with Crippen molar-refractivity contribution < 1.29 is 8.42 Å². The van der Waals surface area contributed by atoms with E-state index in [9.17, 15) is 8.42 Å². The first-order valence-corrected chi connectivity index (χ1v) is 7.04. The Morgan fingerprint density at radius 2 is 1.88 bits per heavy atom. The summed E-state index contributed by atoms with van der Waals surface area (Å²) in [5.74, 6) is 0. The summed E-state index contributed by atoms with van der Waals surface area (Å²) in [4.78, 5) is 0. The minimum absolute atomic E-state index is 0.212. The fourth-order valence-corrected chi connectivity index (χ4v) is 2.35. The zero-order valence-electron chi connectivity index (χ0n) is 9.22. The Bertz CT molecular complexity index is 467. The maximum absolute atomic E-state index is 11.6. The Morgan fingerprint density at radius 1 is 1.38 bits per heavy atom. The molecule has 1 atom stereocenters. The van der Waals surface area contributed by atoms with Gasteiger partial charge in [-0.1, -0.05) is 34.6 Å². The number of rotatable bonds is 4. The highest BCUT2D eigenvalue weighted by Gasteiger charge is 2.21. The molecule has 0 radical (unpaired) electrons. The third-order valence-electron chi connectivity index (χ3n) is 2.51. The van der Waals surface area contributed by atoms with E-state index in [1.165, 1.54) is 4.31 Å². The number of benzene rings is 1. The molecular formula is C11H14BrNO2S. The summed E-state index contributed by atoms with van der Waals surface area (Å²) in [5.41, 5.74) is 0.941. The Kier molecular flexibility index (Phi) is 4.29. The van der Waals surface area contributed by atoms with Crippen LogP contribution in [0.5, 0.6) is 0 Å². The molecule has 0 heterocycles. The minimum Gasteiger partial charge on any atom is -0.208 e. The third-order valence-corrected chi connectivity index (χ3v) is 4.58. The van der Waals surface area contributed by atoms with Crippen LogP contribution in [0.15, 0.2) is 40.7 Å². The number of hydrogen-bond acceptors (Lipinski definition) is 2. The van der Waals surface area contributed by atoms with Crippen LogP contribution in [0.2, 0.25) is 0 Å². The lowest BCUT2D eigenvalue weighted by atomic mass is 10.1. The van der Waals surface area contributed by atoms with Gasteiger partial charge < -0.3 is 0 Å². The van der Waals surface area contributed by atoms with Crippen molar-refractivity contribution in [3.05, 3.63) is 46.3 Å². The van der Waals surface area contributed by atoms with Gasteiger partial charge in [0.05, 0.1) is 0 Å². The van der Waals surface area contributed by atoms with Gasteiger partial charge in [-0.05, 0) is 24.6 Å². The normalized spacial score (nSPS) is 13.8. The lowest BCUT2D eigenvalue weighted by molar-refractivity contribution is 0.404. The highest BCUT2D eigenvalue weighted by atomic mass is 79.9. The SMILES string of the molecule is C=CS(=O)(=O)N(C)[C@@H](C)c1ccc(Br)cc1. The highest BCUT2D eigenvalue weighted by Crippen LogP contribution is 2.23. The molecule has 0 amide bonds. The molecule has 1 rings (SSSR count). The molecule has 3 nitrogen and oxygen atoms in total. The van der Waals surface area contributed by atoms with E-state index in [0.29, 0.717) is 0 Å². The standard InChI is InChI=1S/C11H14BrNO2S/c1-4-16(14,15)13(3)9(2)10-5-7-11(12)8-6-10/h4-9H,1H2,2-3H3/t9-/m0/s1. The molecule has 5 heteroatoms. The van der Waals surface area contributed by atoms with Crippen LogP contribution < -0.4 is 0 Å². The molecule has 1 aromatic rings. The largest absolute Gasteiger partial charge is 0.235 e. The van der Waals surface area contributed by atoms with E-state index in [-0.39, 0.29) is 6.04 Å². The molecule has 0 aliphatic heterocycles. The fourth-order valence-electron chi connectivity index (χ4n) is 1.29. The van der Waals surface area contributed by atoms with Crippen molar-refractivity contribution in [2.24, 2.45) is 0 Å². The Morgan fingerprint density at radius 3 is 2.31 bits per heavy atom. The van der Waals surface area contributed by atoms with Crippen LogP contribution in [0, 0.1) is 0 Å². The molecule has 0 aliphatic rings. The molecular weight excluding hydrogens is 290 g/mol. The van der Waals surface area contributed by atoms with Gasteiger partial charge in [-0.25, -0.2) is 8.42 Å². The number of halogens is 1. The van der Waals surface area contributed by atoms with Crippen molar-refractivity contribution in [3.8, 4) is 0 Å². The summed E-state index contributed by atoms with van der Waals surface area (Å²) in [6.45, 7) is 5.14. The summed E-state index contributed by atoms with van der Waals surface area (Å²) in [5, 5.41) is 0.961. The van der Waals surface area contributed by atoms with Gasteiger partial charge in [0.2, 0.25) is 10.0 Å². The van der Waals surface area contributed by atoms with Crippen molar-refractivity contribution in [1.82, 2.24) is 4.31 Å². The lowest BCUT2D eigenvalue weighted by Gasteiger charge is -2.22. The molecule has 1 aromatic carbocycles. The molecule has 0 aliphatic carbocycles. The highest BCUT2D eigenvalue weighted by molar-refractivity contribution is 9.10. The van der Waals surface area contributed by atoms with Gasteiger partial charge in [0.1, 0.15) is 0 Å².